The molecule has 2 aromatic rings. The Morgan fingerprint density at radius 3 is 2.67 bits per heavy atom. The highest BCUT2D eigenvalue weighted by molar-refractivity contribution is 6.30. The van der Waals surface area contributed by atoms with Gasteiger partial charge in [0.2, 0.25) is 11.8 Å². The number of amides is 2. The molecule has 1 N–H and O–H groups in total. The van der Waals surface area contributed by atoms with E-state index in [0.717, 1.165) is 31.7 Å². The Hall–Kier alpha value is -2.64. The summed E-state index contributed by atoms with van der Waals surface area (Å²) in [7, 11) is 0. The maximum absolute atomic E-state index is 12.6. The predicted octanol–water partition coefficient (Wildman–Crippen LogP) is 3.08. The average molecular weight is 430 g/mol. The molecule has 30 heavy (non-hydrogen) atoms. The minimum absolute atomic E-state index is 0.0300. The first-order valence-electron chi connectivity index (χ1n) is 10.1. The third kappa shape index (κ3) is 5.09. The van der Waals surface area contributed by atoms with Crippen LogP contribution in [0, 0.1) is 5.92 Å². The van der Waals surface area contributed by atoms with Crippen molar-refractivity contribution in [3.8, 4) is 5.88 Å². The molecule has 1 aromatic carbocycles. The Morgan fingerprint density at radius 1 is 1.20 bits per heavy atom. The first-order chi connectivity index (χ1) is 14.6. The average Bonchev–Trinajstić information content (AvgIpc) is 3.13. The molecule has 2 saturated heterocycles. The number of pyridine rings is 1. The molecular weight excluding hydrogens is 406 g/mol. The summed E-state index contributed by atoms with van der Waals surface area (Å²) in [6, 6.07) is 10.2. The van der Waals surface area contributed by atoms with Gasteiger partial charge in [0, 0.05) is 49.2 Å². The van der Waals surface area contributed by atoms with E-state index in [1.807, 2.05) is 0 Å². The van der Waals surface area contributed by atoms with Gasteiger partial charge in [-0.05, 0) is 49.1 Å². The van der Waals surface area contributed by atoms with Crippen molar-refractivity contribution in [3.05, 3.63) is 53.2 Å². The van der Waals surface area contributed by atoms with Gasteiger partial charge >= 0.3 is 0 Å². The summed E-state index contributed by atoms with van der Waals surface area (Å²) in [6.45, 7) is 2.58. The van der Waals surface area contributed by atoms with Crippen molar-refractivity contribution in [2.75, 3.05) is 31.3 Å². The number of anilines is 1. The second kappa shape index (κ2) is 9.45. The molecule has 2 aliphatic rings. The number of nitrogens with zero attached hydrogens (tertiary/aromatic N) is 2. The van der Waals surface area contributed by atoms with Crippen LogP contribution in [-0.4, -0.2) is 49.2 Å². The molecule has 0 aliphatic carbocycles. The molecule has 158 valence electrons. The lowest BCUT2D eigenvalue weighted by atomic mass is 10.0. The fourth-order valence-electron chi connectivity index (χ4n) is 3.66. The van der Waals surface area contributed by atoms with Gasteiger partial charge in [-0.3, -0.25) is 9.59 Å². The SMILES string of the molecule is O=C(N[C@H]1CC(=O)N(c2ccc(Cl)cc2)C1)c1ccc(OCC2CCOCC2)nc1. The first kappa shape index (κ1) is 20.6. The van der Waals surface area contributed by atoms with Crippen molar-refractivity contribution in [1.82, 2.24) is 10.3 Å². The molecule has 0 bridgehead atoms. The van der Waals surface area contributed by atoms with Gasteiger partial charge in [-0.15, -0.1) is 0 Å². The molecule has 3 heterocycles. The van der Waals surface area contributed by atoms with Crippen LogP contribution in [0.25, 0.3) is 0 Å². The number of carbonyl (C=O) groups excluding carboxylic acids is 2. The first-order valence-corrected chi connectivity index (χ1v) is 10.5. The van der Waals surface area contributed by atoms with Crippen LogP contribution in [0.3, 0.4) is 0 Å². The number of hydrogen-bond acceptors (Lipinski definition) is 5. The zero-order valence-corrected chi connectivity index (χ0v) is 17.3. The molecular formula is C22H24ClN3O4. The number of halogens is 1. The largest absolute Gasteiger partial charge is 0.477 e. The number of benzene rings is 1. The molecule has 7 nitrogen and oxygen atoms in total. The molecule has 0 radical (unpaired) electrons. The van der Waals surface area contributed by atoms with E-state index in [1.54, 1.807) is 41.3 Å². The van der Waals surface area contributed by atoms with E-state index in [0.29, 0.717) is 35.5 Å². The molecule has 2 fully saturated rings. The van der Waals surface area contributed by atoms with E-state index < -0.39 is 0 Å². The van der Waals surface area contributed by atoms with Gasteiger partial charge < -0.3 is 19.7 Å². The molecule has 1 aromatic heterocycles. The number of nitrogens with one attached hydrogen (secondary N) is 1. The van der Waals surface area contributed by atoms with Crippen LogP contribution in [0.4, 0.5) is 5.69 Å². The summed E-state index contributed by atoms with van der Waals surface area (Å²) in [5.74, 6) is 0.696. The number of aromatic nitrogens is 1. The summed E-state index contributed by atoms with van der Waals surface area (Å²) in [4.78, 5) is 30.8. The van der Waals surface area contributed by atoms with Crippen molar-refractivity contribution in [2.45, 2.75) is 25.3 Å². The van der Waals surface area contributed by atoms with E-state index in [2.05, 4.69) is 10.3 Å². The van der Waals surface area contributed by atoms with Gasteiger partial charge in [-0.1, -0.05) is 11.6 Å². The minimum atomic E-state index is -0.259. The third-order valence-corrected chi connectivity index (χ3v) is 5.66. The van der Waals surface area contributed by atoms with Crippen molar-refractivity contribution in [2.24, 2.45) is 5.92 Å². The van der Waals surface area contributed by atoms with E-state index >= 15 is 0 Å². The molecule has 1 atom stereocenters. The third-order valence-electron chi connectivity index (χ3n) is 5.40. The van der Waals surface area contributed by atoms with Crippen LogP contribution in [0.1, 0.15) is 29.6 Å². The maximum atomic E-state index is 12.6. The van der Waals surface area contributed by atoms with E-state index in [9.17, 15) is 9.59 Å². The van der Waals surface area contributed by atoms with E-state index in [4.69, 9.17) is 21.1 Å². The zero-order chi connectivity index (χ0) is 20.9. The zero-order valence-electron chi connectivity index (χ0n) is 16.6. The van der Waals surface area contributed by atoms with Crippen LogP contribution >= 0.6 is 11.6 Å². The van der Waals surface area contributed by atoms with E-state index in [-0.39, 0.29) is 24.3 Å². The van der Waals surface area contributed by atoms with Crippen LogP contribution in [-0.2, 0) is 9.53 Å². The summed E-state index contributed by atoms with van der Waals surface area (Å²) in [5, 5.41) is 3.53. The van der Waals surface area contributed by atoms with Gasteiger partial charge in [0.05, 0.1) is 18.2 Å². The summed E-state index contributed by atoms with van der Waals surface area (Å²) in [6.07, 6.45) is 3.75. The molecule has 0 unspecified atom stereocenters. The monoisotopic (exact) mass is 429 g/mol. The van der Waals surface area contributed by atoms with Crippen LogP contribution in [0.15, 0.2) is 42.6 Å². The van der Waals surface area contributed by atoms with Gasteiger partial charge in [0.1, 0.15) is 0 Å². The van der Waals surface area contributed by atoms with E-state index in [1.165, 1.54) is 6.20 Å². The highest BCUT2D eigenvalue weighted by Gasteiger charge is 2.31. The number of carbonyl (C=O) groups is 2. The Balaban J connectivity index is 1.29. The summed E-state index contributed by atoms with van der Waals surface area (Å²) in [5.41, 5.74) is 1.21. The number of hydrogen-bond donors (Lipinski definition) is 1. The topological polar surface area (TPSA) is 80.8 Å². The molecule has 0 spiro atoms. The second-order valence-corrected chi connectivity index (χ2v) is 8.04. The maximum Gasteiger partial charge on any atom is 0.253 e. The van der Waals surface area contributed by atoms with Gasteiger partial charge in [-0.25, -0.2) is 4.98 Å². The smallest absolute Gasteiger partial charge is 0.253 e. The number of ether oxygens (including phenoxy) is 2. The van der Waals surface area contributed by atoms with Gasteiger partial charge in [0.15, 0.2) is 0 Å². The molecule has 2 amide bonds. The Labute approximate surface area is 180 Å². The van der Waals surface area contributed by atoms with Crippen molar-refractivity contribution >= 4 is 29.1 Å². The van der Waals surface area contributed by atoms with Crippen molar-refractivity contribution in [1.29, 1.82) is 0 Å². The number of rotatable bonds is 6. The van der Waals surface area contributed by atoms with Crippen molar-refractivity contribution in [3.63, 3.8) is 0 Å². The lowest BCUT2D eigenvalue weighted by molar-refractivity contribution is -0.117. The Morgan fingerprint density at radius 2 is 1.97 bits per heavy atom. The fraction of sp³-hybridized carbons (Fsp3) is 0.409. The Bertz CT molecular complexity index is 882. The standard InChI is InChI=1S/C22H24ClN3O4/c23-17-2-4-19(5-3-17)26-13-18(11-21(26)27)25-22(28)16-1-6-20(24-12-16)30-14-15-7-9-29-10-8-15/h1-6,12,15,18H,7-11,13-14H2,(H,25,28)/t18-/m0/s1. The fourth-order valence-corrected chi connectivity index (χ4v) is 3.79. The normalized spacial score (nSPS) is 19.7. The molecule has 4 rings (SSSR count). The molecule has 0 saturated carbocycles. The summed E-state index contributed by atoms with van der Waals surface area (Å²) < 4.78 is 11.1. The van der Waals surface area contributed by atoms with Gasteiger partial charge in [-0.2, -0.15) is 0 Å². The van der Waals surface area contributed by atoms with Gasteiger partial charge in [0.25, 0.3) is 5.91 Å². The summed E-state index contributed by atoms with van der Waals surface area (Å²) >= 11 is 5.91. The Kier molecular flexibility index (Phi) is 6.50. The van der Waals surface area contributed by atoms with Crippen LogP contribution in [0.5, 0.6) is 5.88 Å². The second-order valence-electron chi connectivity index (χ2n) is 7.61. The lowest BCUT2D eigenvalue weighted by Crippen LogP contribution is -2.37. The highest BCUT2D eigenvalue weighted by atomic mass is 35.5. The highest BCUT2D eigenvalue weighted by Crippen LogP contribution is 2.23. The van der Waals surface area contributed by atoms with Crippen LogP contribution < -0.4 is 15.0 Å². The quantitative estimate of drug-likeness (QED) is 0.763. The van der Waals surface area contributed by atoms with Crippen LogP contribution in [0.2, 0.25) is 5.02 Å². The van der Waals surface area contributed by atoms with Crippen molar-refractivity contribution < 1.29 is 19.1 Å². The molecule has 8 heteroatoms. The lowest BCUT2D eigenvalue weighted by Gasteiger charge is -2.21. The minimum Gasteiger partial charge on any atom is -0.477 e. The molecule has 2 aliphatic heterocycles. The predicted molar refractivity (Wildman–Crippen MR) is 113 cm³/mol.